The Morgan fingerprint density at radius 2 is 1.61 bits per heavy atom. The molecule has 0 radical (unpaired) electrons. The highest BCUT2D eigenvalue weighted by atomic mass is 16.4. The Morgan fingerprint density at radius 3 is 2.17 bits per heavy atom. The minimum Gasteiger partial charge on any atom is -0.419 e. The minimum absolute atomic E-state index is 0.147. The summed E-state index contributed by atoms with van der Waals surface area (Å²) in [5, 5.41) is 21.0. The van der Waals surface area contributed by atoms with Crippen LogP contribution in [0.4, 0.5) is 5.88 Å². The lowest BCUT2D eigenvalue weighted by Crippen LogP contribution is -2.35. The molecule has 6 nitrogen and oxygen atoms in total. The van der Waals surface area contributed by atoms with Crippen molar-refractivity contribution < 1.29 is 14.6 Å². The van der Waals surface area contributed by atoms with Crippen LogP contribution in [0.25, 0.3) is 11.6 Å². The number of nitrogens with two attached hydrogens (primary N) is 1. The molecule has 0 amide bonds. The lowest BCUT2D eigenvalue weighted by molar-refractivity contribution is -0.0432. The number of nitrogen functional groups attached to an aromatic ring is 1. The molecule has 0 aliphatic heterocycles. The number of anilines is 1. The average molecular weight is 315 g/mol. The van der Waals surface area contributed by atoms with Crippen molar-refractivity contribution in [3.8, 4) is 11.6 Å². The van der Waals surface area contributed by atoms with E-state index in [1.807, 2.05) is 13.0 Å². The van der Waals surface area contributed by atoms with Gasteiger partial charge in [-0.25, -0.2) is 9.97 Å². The molecular weight excluding hydrogens is 294 g/mol. The predicted molar refractivity (Wildman–Crippen MR) is 84.4 cm³/mol. The highest BCUT2D eigenvalue weighted by molar-refractivity contribution is 5.53. The van der Waals surface area contributed by atoms with Gasteiger partial charge in [0.25, 0.3) is 0 Å². The summed E-state index contributed by atoms with van der Waals surface area (Å²) in [6.07, 6.45) is 4.71. The fourth-order valence-electron chi connectivity index (χ4n) is 3.39. The molecule has 2 aromatic heterocycles. The Labute approximate surface area is 134 Å². The van der Waals surface area contributed by atoms with Gasteiger partial charge in [0.05, 0.1) is 5.69 Å². The van der Waals surface area contributed by atoms with E-state index in [0.717, 1.165) is 31.2 Å². The van der Waals surface area contributed by atoms with Gasteiger partial charge in [0.15, 0.2) is 0 Å². The van der Waals surface area contributed by atoms with E-state index >= 15 is 0 Å². The minimum atomic E-state index is -0.967. The summed E-state index contributed by atoms with van der Waals surface area (Å²) in [5.74, 6) is 0.440. The van der Waals surface area contributed by atoms with Crippen LogP contribution in [0.2, 0.25) is 0 Å². The summed E-state index contributed by atoms with van der Waals surface area (Å²) in [7, 11) is 0. The SMILES string of the molecule is Cc1ccc(-c2nc(C3(O)CCC3)c(N)o2)nc1C1(O)CCC1. The Kier molecular flexibility index (Phi) is 3.05. The number of aromatic nitrogens is 2. The molecule has 2 aliphatic carbocycles. The van der Waals surface area contributed by atoms with Crippen molar-refractivity contribution in [2.45, 2.75) is 56.7 Å². The molecule has 122 valence electrons. The number of hydrogen-bond donors (Lipinski definition) is 3. The summed E-state index contributed by atoms with van der Waals surface area (Å²) < 4.78 is 5.54. The van der Waals surface area contributed by atoms with E-state index in [1.54, 1.807) is 6.07 Å². The maximum absolute atomic E-state index is 10.6. The first-order valence-electron chi connectivity index (χ1n) is 8.11. The van der Waals surface area contributed by atoms with Crippen molar-refractivity contribution in [1.29, 1.82) is 0 Å². The van der Waals surface area contributed by atoms with Gasteiger partial charge < -0.3 is 20.4 Å². The van der Waals surface area contributed by atoms with Gasteiger partial charge >= 0.3 is 0 Å². The third kappa shape index (κ3) is 2.16. The molecule has 2 fully saturated rings. The molecule has 0 aromatic carbocycles. The smallest absolute Gasteiger partial charge is 0.247 e. The number of aliphatic hydroxyl groups is 2. The molecule has 2 aromatic rings. The first-order valence-corrected chi connectivity index (χ1v) is 8.11. The first-order chi connectivity index (χ1) is 10.9. The van der Waals surface area contributed by atoms with E-state index in [-0.39, 0.29) is 5.88 Å². The zero-order chi connectivity index (χ0) is 16.2. The zero-order valence-corrected chi connectivity index (χ0v) is 13.2. The van der Waals surface area contributed by atoms with Gasteiger partial charge in [-0.2, -0.15) is 0 Å². The van der Waals surface area contributed by atoms with Crippen molar-refractivity contribution in [1.82, 2.24) is 9.97 Å². The molecule has 2 heterocycles. The van der Waals surface area contributed by atoms with Crippen LogP contribution in [0.3, 0.4) is 0 Å². The highest BCUT2D eigenvalue weighted by Gasteiger charge is 2.42. The molecule has 0 saturated heterocycles. The number of pyridine rings is 1. The summed E-state index contributed by atoms with van der Waals surface area (Å²) >= 11 is 0. The number of oxazole rings is 1. The summed E-state index contributed by atoms with van der Waals surface area (Å²) in [6.45, 7) is 1.94. The number of rotatable bonds is 3. The Bertz CT molecular complexity index is 760. The second-order valence-corrected chi connectivity index (χ2v) is 6.86. The maximum atomic E-state index is 10.6. The molecule has 0 unspecified atom stereocenters. The topological polar surface area (TPSA) is 105 Å². The number of aryl methyl sites for hydroxylation is 1. The van der Waals surface area contributed by atoms with Gasteiger partial charge in [-0.05, 0) is 57.1 Å². The molecule has 0 bridgehead atoms. The summed E-state index contributed by atoms with van der Waals surface area (Å²) in [4.78, 5) is 8.96. The van der Waals surface area contributed by atoms with Crippen molar-refractivity contribution in [3.05, 3.63) is 29.1 Å². The molecule has 2 saturated carbocycles. The van der Waals surface area contributed by atoms with Crippen molar-refractivity contribution >= 4 is 5.88 Å². The van der Waals surface area contributed by atoms with Crippen LogP contribution in [0.1, 0.15) is 55.5 Å². The van der Waals surface area contributed by atoms with Crippen LogP contribution in [0, 0.1) is 6.92 Å². The van der Waals surface area contributed by atoms with Gasteiger partial charge in [-0.1, -0.05) is 6.07 Å². The molecule has 4 rings (SSSR count). The second-order valence-electron chi connectivity index (χ2n) is 6.86. The van der Waals surface area contributed by atoms with Crippen molar-refractivity contribution in [3.63, 3.8) is 0 Å². The zero-order valence-electron chi connectivity index (χ0n) is 13.2. The predicted octanol–water partition coefficient (Wildman–Crippen LogP) is 2.37. The van der Waals surface area contributed by atoms with E-state index < -0.39 is 11.2 Å². The normalized spacial score (nSPS) is 21.5. The summed E-state index contributed by atoms with van der Waals surface area (Å²) in [5.41, 5.74) is 6.67. The lowest BCUT2D eigenvalue weighted by Gasteiger charge is -2.37. The van der Waals surface area contributed by atoms with Crippen LogP contribution in [-0.2, 0) is 11.2 Å². The third-order valence-electron chi connectivity index (χ3n) is 5.21. The molecule has 2 aliphatic rings. The Hall–Kier alpha value is -1.92. The number of nitrogens with zero attached hydrogens (tertiary/aromatic N) is 2. The average Bonchev–Trinajstić information content (AvgIpc) is 2.85. The van der Waals surface area contributed by atoms with E-state index in [9.17, 15) is 10.2 Å². The molecule has 23 heavy (non-hydrogen) atoms. The van der Waals surface area contributed by atoms with Gasteiger partial charge in [0.1, 0.15) is 22.6 Å². The number of hydrogen-bond acceptors (Lipinski definition) is 6. The Balaban J connectivity index is 1.74. The maximum Gasteiger partial charge on any atom is 0.247 e. The molecule has 4 N–H and O–H groups in total. The quantitative estimate of drug-likeness (QED) is 0.803. The van der Waals surface area contributed by atoms with Crippen LogP contribution >= 0.6 is 0 Å². The largest absolute Gasteiger partial charge is 0.419 e. The standard InChI is InChI=1S/C17H21N3O3/c1-10-4-5-11(19-12(10)16(21)6-2-7-16)15-20-13(14(18)23-15)17(22)8-3-9-17/h4-5,21-22H,2-3,6-9,18H2,1H3. The molecular formula is C17H21N3O3. The first kappa shape index (κ1) is 14.7. The monoisotopic (exact) mass is 315 g/mol. The van der Waals surface area contributed by atoms with Crippen molar-refractivity contribution in [2.75, 3.05) is 5.73 Å². The van der Waals surface area contributed by atoms with E-state index in [1.165, 1.54) is 0 Å². The lowest BCUT2D eigenvalue weighted by atomic mass is 9.76. The summed E-state index contributed by atoms with van der Waals surface area (Å²) in [6, 6.07) is 3.72. The highest BCUT2D eigenvalue weighted by Crippen LogP contribution is 2.45. The van der Waals surface area contributed by atoms with Crippen molar-refractivity contribution in [2.24, 2.45) is 0 Å². The van der Waals surface area contributed by atoms with E-state index in [0.29, 0.717) is 35.8 Å². The Morgan fingerprint density at radius 1 is 1.00 bits per heavy atom. The third-order valence-corrected chi connectivity index (χ3v) is 5.21. The second kappa shape index (κ2) is 4.79. The van der Waals surface area contributed by atoms with Crippen LogP contribution in [0.5, 0.6) is 0 Å². The van der Waals surface area contributed by atoms with Gasteiger partial charge in [-0.15, -0.1) is 0 Å². The van der Waals surface area contributed by atoms with Gasteiger partial charge in [0.2, 0.25) is 11.8 Å². The van der Waals surface area contributed by atoms with Gasteiger partial charge in [-0.3, -0.25) is 0 Å². The van der Waals surface area contributed by atoms with E-state index in [4.69, 9.17) is 10.2 Å². The van der Waals surface area contributed by atoms with Crippen LogP contribution in [0.15, 0.2) is 16.5 Å². The fourth-order valence-corrected chi connectivity index (χ4v) is 3.39. The fraction of sp³-hybridized carbons (Fsp3) is 0.529. The van der Waals surface area contributed by atoms with E-state index in [2.05, 4.69) is 9.97 Å². The molecule has 6 heteroatoms. The van der Waals surface area contributed by atoms with Crippen LogP contribution < -0.4 is 5.73 Å². The molecule has 0 spiro atoms. The molecule has 0 atom stereocenters. The van der Waals surface area contributed by atoms with Crippen LogP contribution in [-0.4, -0.2) is 20.2 Å². The van der Waals surface area contributed by atoms with Gasteiger partial charge in [0, 0.05) is 0 Å².